The van der Waals surface area contributed by atoms with Gasteiger partial charge in [0.2, 0.25) is 16.9 Å². The van der Waals surface area contributed by atoms with Crippen molar-refractivity contribution in [2.75, 3.05) is 37.8 Å². The fraction of sp³-hybridized carbons (Fsp3) is 0.625. The number of carbonyl (C=O) groups excluding carboxylic acids is 3. The van der Waals surface area contributed by atoms with E-state index in [1.54, 1.807) is 0 Å². The number of rotatable bonds is 21. The SMILES string of the molecule is CC(C)(COP(=O)(O)OP(=O)(O)OC[C@H]1O[C@@H](n2cnc3c(N)ncnc32)[C@H](O)[C@@H]1OP(=O)(O)O)[C@@H](O)C(=O)NCCC(=O)NCCSC(=O)C(F)C(=O)O. The van der Waals surface area contributed by atoms with Gasteiger partial charge >= 0.3 is 29.4 Å². The zero-order valence-corrected chi connectivity index (χ0v) is 31.9. The molecule has 0 aromatic carbocycles. The number of phosphoric ester groups is 3. The number of aliphatic carboxylic acids is 1. The first kappa shape index (κ1) is 46.3. The van der Waals surface area contributed by atoms with Crippen molar-refractivity contribution in [2.24, 2.45) is 5.41 Å². The Bertz CT molecular complexity index is 1870. The summed E-state index contributed by atoms with van der Waals surface area (Å²) < 4.78 is 74.8. The molecular formula is C24H37FN7O19P3S. The van der Waals surface area contributed by atoms with Gasteiger partial charge in [0, 0.05) is 30.7 Å². The van der Waals surface area contributed by atoms with Crippen molar-refractivity contribution in [2.45, 2.75) is 57.1 Å². The Labute approximate surface area is 312 Å². The number of nitrogens with two attached hydrogens (primary N) is 1. The number of hydrogen-bond donors (Lipinski definition) is 10. The van der Waals surface area contributed by atoms with E-state index >= 15 is 0 Å². The number of alkyl halides is 1. The molecule has 1 saturated heterocycles. The molecule has 310 valence electrons. The third-order valence-electron chi connectivity index (χ3n) is 7.17. The van der Waals surface area contributed by atoms with Gasteiger partial charge in [0.1, 0.15) is 36.3 Å². The smallest absolute Gasteiger partial charge is 0.479 e. The Kier molecular flexibility index (Phi) is 16.0. The second-order valence-electron chi connectivity index (χ2n) is 11.9. The van der Waals surface area contributed by atoms with Crippen LogP contribution in [0.15, 0.2) is 12.7 Å². The van der Waals surface area contributed by atoms with E-state index in [1.165, 1.54) is 13.8 Å². The molecule has 1 fully saturated rings. The molecule has 3 unspecified atom stereocenters. The largest absolute Gasteiger partial charge is 0.481 e. The van der Waals surface area contributed by atoms with Crippen molar-refractivity contribution in [1.29, 1.82) is 0 Å². The third kappa shape index (κ3) is 13.5. The fourth-order valence-electron chi connectivity index (χ4n) is 4.46. The van der Waals surface area contributed by atoms with Crippen LogP contribution in [-0.2, 0) is 55.5 Å². The molecule has 1 aliphatic heterocycles. The highest BCUT2D eigenvalue weighted by Crippen LogP contribution is 2.61. The lowest BCUT2D eigenvalue weighted by Crippen LogP contribution is -2.46. The number of thioether (sulfide) groups is 1. The van der Waals surface area contributed by atoms with Crippen LogP contribution in [0.4, 0.5) is 10.2 Å². The van der Waals surface area contributed by atoms with E-state index in [2.05, 4.69) is 34.4 Å². The number of halogens is 1. The van der Waals surface area contributed by atoms with Gasteiger partial charge in [-0.15, -0.1) is 0 Å². The number of hydrogen-bond acceptors (Lipinski definition) is 19. The predicted molar refractivity (Wildman–Crippen MR) is 180 cm³/mol. The summed E-state index contributed by atoms with van der Waals surface area (Å²) >= 11 is 0.351. The number of carboxylic acids is 1. The van der Waals surface area contributed by atoms with E-state index in [9.17, 15) is 67.1 Å². The van der Waals surface area contributed by atoms with Gasteiger partial charge in [0.15, 0.2) is 17.7 Å². The number of phosphoric acid groups is 3. The van der Waals surface area contributed by atoms with Crippen LogP contribution in [-0.4, -0.2) is 140 Å². The number of nitrogens with one attached hydrogen (secondary N) is 2. The lowest BCUT2D eigenvalue weighted by molar-refractivity contribution is -0.145. The topological polar surface area (TPSA) is 401 Å². The number of nitrogens with zero attached hydrogens (tertiary/aromatic N) is 4. The Morgan fingerprint density at radius 1 is 1.07 bits per heavy atom. The monoisotopic (exact) mass is 871 g/mol. The van der Waals surface area contributed by atoms with Gasteiger partial charge in [-0.1, -0.05) is 25.6 Å². The minimum absolute atomic E-state index is 0.00942. The first-order chi connectivity index (χ1) is 25.3. The summed E-state index contributed by atoms with van der Waals surface area (Å²) in [5.41, 5.74) is 4.13. The summed E-state index contributed by atoms with van der Waals surface area (Å²) in [7, 11) is -16.5. The minimum atomic E-state index is -5.61. The number of imidazole rings is 1. The third-order valence-corrected chi connectivity index (χ3v) is 11.2. The summed E-state index contributed by atoms with van der Waals surface area (Å²) in [6.45, 7) is -0.199. The van der Waals surface area contributed by atoms with Crippen LogP contribution >= 0.6 is 35.2 Å². The summed E-state index contributed by atoms with van der Waals surface area (Å²) in [5, 5.41) is 33.1. The zero-order valence-electron chi connectivity index (χ0n) is 28.4. The normalized spacial score (nSPS) is 22.3. The van der Waals surface area contributed by atoms with Crippen LogP contribution in [0, 0.1) is 5.41 Å². The maximum atomic E-state index is 13.1. The van der Waals surface area contributed by atoms with Crippen molar-refractivity contribution >= 4 is 75.1 Å². The minimum Gasteiger partial charge on any atom is -0.479 e. The first-order valence-electron chi connectivity index (χ1n) is 15.3. The number of aliphatic hydroxyl groups is 2. The molecule has 3 rings (SSSR count). The predicted octanol–water partition coefficient (Wildman–Crippen LogP) is -1.91. The molecule has 2 aromatic rings. The van der Waals surface area contributed by atoms with Crippen LogP contribution in [0.25, 0.3) is 11.2 Å². The van der Waals surface area contributed by atoms with Crippen LogP contribution in [0.3, 0.4) is 0 Å². The maximum absolute atomic E-state index is 13.1. The quantitative estimate of drug-likeness (QED) is 0.0371. The second kappa shape index (κ2) is 18.9. The van der Waals surface area contributed by atoms with E-state index < -0.39 is 102 Å². The molecule has 55 heavy (non-hydrogen) atoms. The number of carbonyl (C=O) groups is 4. The van der Waals surface area contributed by atoms with Crippen molar-refractivity contribution in [3.63, 3.8) is 0 Å². The van der Waals surface area contributed by atoms with E-state index in [1.807, 2.05) is 0 Å². The fourth-order valence-corrected chi connectivity index (χ4v) is 7.94. The molecule has 2 aromatic heterocycles. The molecule has 8 atom stereocenters. The Morgan fingerprint density at radius 3 is 2.36 bits per heavy atom. The summed E-state index contributed by atoms with van der Waals surface area (Å²) in [6, 6.07) is 0. The standard InChI is InChI=1S/C24H37FN7O19P3S/c1-24(2,17(35)20(36)28-4-3-12(33)27-5-6-55-23(39)13(25)22(37)38)8-48-54(45,46)51-53(43,44)47-7-11-16(50-52(40,41)42)15(34)21(49-11)32-10-31-14-18(26)29-9-30-19(14)32/h9-11,13,15-17,21,34-35H,3-8H2,1-2H3,(H,27,33)(H,28,36)(H,37,38)(H,43,44)(H,45,46)(H2,26,29,30)(H2,40,41,42)/t11-,13?,15-,16-,17+,21-/m1/s1. The number of ether oxygens (including phenoxy) is 1. The number of aromatic nitrogens is 4. The average Bonchev–Trinajstić information content (AvgIpc) is 3.64. The van der Waals surface area contributed by atoms with Gasteiger partial charge in [0.25, 0.3) is 6.17 Å². The van der Waals surface area contributed by atoms with Crippen LogP contribution in [0.5, 0.6) is 0 Å². The summed E-state index contributed by atoms with van der Waals surface area (Å²) in [5.74, 6) is -3.85. The summed E-state index contributed by atoms with van der Waals surface area (Å²) in [6.07, 6.45) is -10.0. The highest BCUT2D eigenvalue weighted by molar-refractivity contribution is 8.13. The molecule has 11 N–H and O–H groups in total. The van der Waals surface area contributed by atoms with Crippen LogP contribution in [0.1, 0.15) is 26.5 Å². The zero-order chi connectivity index (χ0) is 41.5. The molecule has 0 spiro atoms. The van der Waals surface area contributed by atoms with Crippen molar-refractivity contribution in [3.8, 4) is 0 Å². The molecule has 2 amide bonds. The second-order valence-corrected chi connectivity index (χ2v) is 17.3. The van der Waals surface area contributed by atoms with E-state index in [4.69, 9.17) is 24.6 Å². The van der Waals surface area contributed by atoms with Crippen LogP contribution in [0.2, 0.25) is 0 Å². The number of amides is 2. The maximum Gasteiger partial charge on any atom is 0.481 e. The molecule has 26 nitrogen and oxygen atoms in total. The van der Waals surface area contributed by atoms with Crippen molar-refractivity contribution in [3.05, 3.63) is 12.7 Å². The Hall–Kier alpha value is -3.04. The molecule has 1 aliphatic rings. The molecule has 0 bridgehead atoms. The van der Waals surface area contributed by atoms with E-state index in [0.29, 0.717) is 11.8 Å². The van der Waals surface area contributed by atoms with E-state index in [-0.39, 0.29) is 42.2 Å². The Balaban J connectivity index is 1.50. The van der Waals surface area contributed by atoms with Gasteiger partial charge in [-0.25, -0.2) is 37.8 Å². The molecular weight excluding hydrogens is 834 g/mol. The van der Waals surface area contributed by atoms with Gasteiger partial charge in [-0.2, -0.15) is 4.31 Å². The van der Waals surface area contributed by atoms with Crippen LogP contribution < -0.4 is 16.4 Å². The lowest BCUT2D eigenvalue weighted by Gasteiger charge is -2.30. The van der Waals surface area contributed by atoms with E-state index in [0.717, 1.165) is 17.2 Å². The Morgan fingerprint density at radius 2 is 1.73 bits per heavy atom. The number of carboxylic acid groups (broad SMARTS) is 1. The first-order valence-corrected chi connectivity index (χ1v) is 20.8. The lowest BCUT2D eigenvalue weighted by atomic mass is 9.87. The molecule has 0 radical (unpaired) electrons. The van der Waals surface area contributed by atoms with Gasteiger partial charge in [0.05, 0.1) is 19.5 Å². The van der Waals surface area contributed by atoms with Crippen molar-refractivity contribution < 1.29 is 94.8 Å². The summed E-state index contributed by atoms with van der Waals surface area (Å²) in [4.78, 5) is 96.8. The number of aliphatic hydroxyl groups excluding tert-OH is 2. The highest BCUT2D eigenvalue weighted by Gasteiger charge is 2.50. The molecule has 0 aliphatic carbocycles. The average molecular weight is 872 g/mol. The van der Waals surface area contributed by atoms with Gasteiger partial charge in [-0.3, -0.25) is 32.5 Å². The van der Waals surface area contributed by atoms with Crippen molar-refractivity contribution in [1.82, 2.24) is 30.2 Å². The molecule has 3 heterocycles. The number of anilines is 1. The molecule has 31 heteroatoms. The number of fused-ring (bicyclic) bond motifs is 1. The molecule has 0 saturated carbocycles. The van der Waals surface area contributed by atoms with Gasteiger partial charge < -0.3 is 56.0 Å². The van der Waals surface area contributed by atoms with Gasteiger partial charge in [-0.05, 0) is 0 Å². The highest BCUT2D eigenvalue weighted by atomic mass is 32.2. The number of nitrogen functional groups attached to an aromatic ring is 1.